The lowest BCUT2D eigenvalue weighted by Gasteiger charge is -2.14. The average molecular weight is 270 g/mol. The highest BCUT2D eigenvalue weighted by molar-refractivity contribution is 7.14. The second kappa shape index (κ2) is 8.08. The number of rotatable bonds is 8. The molecule has 0 fully saturated rings. The maximum Gasteiger partial charge on any atom is 0.360 e. The molecule has 0 radical (unpaired) electrons. The molecule has 0 aliphatic heterocycles. The van der Waals surface area contributed by atoms with E-state index in [1.54, 1.807) is 12.4 Å². The van der Waals surface area contributed by atoms with Gasteiger partial charge in [0.1, 0.15) is 5.00 Å². The number of carbonyl (C=O) groups excluding carboxylic acids is 1. The maximum atomic E-state index is 11.7. The zero-order chi connectivity index (χ0) is 13.4. The Morgan fingerprint density at radius 1 is 1.50 bits per heavy atom. The number of carbonyl (C=O) groups is 1. The Labute approximate surface area is 113 Å². The lowest BCUT2D eigenvalue weighted by molar-refractivity contribution is 0.0521. The number of nitrogens with one attached hydrogen (secondary N) is 1. The number of esters is 1. The molecule has 5 heteroatoms. The minimum absolute atomic E-state index is 0.345. The van der Waals surface area contributed by atoms with E-state index in [1.807, 2.05) is 0 Å². The van der Waals surface area contributed by atoms with E-state index in [9.17, 15) is 4.79 Å². The highest BCUT2D eigenvalue weighted by atomic mass is 32.1. The maximum absolute atomic E-state index is 11.7. The van der Waals surface area contributed by atoms with E-state index in [0.29, 0.717) is 18.3 Å². The van der Waals surface area contributed by atoms with Gasteiger partial charge in [-0.05, 0) is 20.3 Å². The Hall–Kier alpha value is -1.10. The molecule has 0 aromatic carbocycles. The molecule has 0 saturated carbocycles. The fourth-order valence-corrected chi connectivity index (χ4v) is 2.47. The van der Waals surface area contributed by atoms with Crippen molar-refractivity contribution in [2.24, 2.45) is 0 Å². The first kappa shape index (κ1) is 15.0. The predicted octanol–water partition coefficient (Wildman–Crippen LogP) is 3.70. The van der Waals surface area contributed by atoms with Crippen LogP contribution in [0.1, 0.15) is 56.9 Å². The molecule has 0 spiro atoms. The van der Waals surface area contributed by atoms with Gasteiger partial charge in [-0.2, -0.15) is 0 Å². The summed E-state index contributed by atoms with van der Waals surface area (Å²) in [5.74, 6) is -0.345. The number of hydrogen-bond acceptors (Lipinski definition) is 5. The van der Waals surface area contributed by atoms with E-state index < -0.39 is 0 Å². The van der Waals surface area contributed by atoms with Gasteiger partial charge in [-0.25, -0.2) is 9.78 Å². The van der Waals surface area contributed by atoms with Crippen molar-refractivity contribution in [3.05, 3.63) is 11.2 Å². The quantitative estimate of drug-likeness (QED) is 0.578. The van der Waals surface area contributed by atoms with Gasteiger partial charge < -0.3 is 10.1 Å². The molecule has 0 bridgehead atoms. The molecule has 18 heavy (non-hydrogen) atoms. The van der Waals surface area contributed by atoms with E-state index in [2.05, 4.69) is 24.1 Å². The smallest absolute Gasteiger partial charge is 0.360 e. The summed E-state index contributed by atoms with van der Waals surface area (Å²) in [6, 6.07) is 0.352. The third-order valence-electron chi connectivity index (χ3n) is 2.65. The van der Waals surface area contributed by atoms with Gasteiger partial charge in [-0.3, -0.25) is 0 Å². The Morgan fingerprint density at radius 2 is 2.28 bits per heavy atom. The Balaban J connectivity index is 2.51. The van der Waals surface area contributed by atoms with Crippen LogP contribution >= 0.6 is 11.3 Å². The summed E-state index contributed by atoms with van der Waals surface area (Å²) in [6.45, 7) is 6.50. The monoisotopic (exact) mass is 270 g/mol. The van der Waals surface area contributed by atoms with E-state index in [1.165, 1.54) is 30.6 Å². The number of anilines is 1. The largest absolute Gasteiger partial charge is 0.461 e. The molecule has 1 aromatic rings. The molecule has 1 rings (SSSR count). The Kier molecular flexibility index (Phi) is 6.72. The average Bonchev–Trinajstić information content (AvgIpc) is 2.78. The van der Waals surface area contributed by atoms with Crippen molar-refractivity contribution in [1.29, 1.82) is 0 Å². The molecule has 0 saturated heterocycles. The van der Waals surface area contributed by atoms with Gasteiger partial charge in [0, 0.05) is 6.04 Å². The van der Waals surface area contributed by atoms with Gasteiger partial charge in [-0.15, -0.1) is 11.3 Å². The number of hydrogen-bond donors (Lipinski definition) is 1. The fraction of sp³-hybridized carbons (Fsp3) is 0.692. The zero-order valence-electron chi connectivity index (χ0n) is 11.4. The molecule has 1 heterocycles. The van der Waals surface area contributed by atoms with Crippen LogP contribution in [-0.2, 0) is 4.74 Å². The lowest BCUT2D eigenvalue weighted by Crippen LogP contribution is -2.17. The fourth-order valence-electron chi connectivity index (χ4n) is 1.69. The van der Waals surface area contributed by atoms with Gasteiger partial charge in [0.15, 0.2) is 5.69 Å². The highest BCUT2D eigenvalue weighted by Crippen LogP contribution is 2.23. The molecule has 1 N–H and O–H groups in total. The minimum Gasteiger partial charge on any atom is -0.461 e. The van der Waals surface area contributed by atoms with Crippen molar-refractivity contribution in [1.82, 2.24) is 4.98 Å². The molecule has 1 unspecified atom stereocenters. The van der Waals surface area contributed by atoms with Gasteiger partial charge in [-0.1, -0.05) is 26.2 Å². The molecule has 102 valence electrons. The lowest BCUT2D eigenvalue weighted by atomic mass is 10.1. The van der Waals surface area contributed by atoms with Crippen LogP contribution in [0, 0.1) is 0 Å². The summed E-state index contributed by atoms with van der Waals surface area (Å²) >= 11 is 1.45. The van der Waals surface area contributed by atoms with Crippen LogP contribution in [0.15, 0.2) is 5.51 Å². The Bertz CT molecular complexity index is 366. The van der Waals surface area contributed by atoms with Crippen LogP contribution in [0.3, 0.4) is 0 Å². The number of unbranched alkanes of at least 4 members (excludes halogenated alkanes) is 2. The molecule has 0 amide bonds. The number of thiazole rings is 1. The third-order valence-corrected chi connectivity index (χ3v) is 3.41. The summed E-state index contributed by atoms with van der Waals surface area (Å²) < 4.78 is 4.97. The number of aromatic nitrogens is 1. The van der Waals surface area contributed by atoms with Gasteiger partial charge in [0.2, 0.25) is 0 Å². The van der Waals surface area contributed by atoms with Crippen LogP contribution in [0.4, 0.5) is 5.00 Å². The van der Waals surface area contributed by atoms with Gasteiger partial charge in [0.25, 0.3) is 0 Å². The molecular formula is C13H22N2O2S. The highest BCUT2D eigenvalue weighted by Gasteiger charge is 2.17. The van der Waals surface area contributed by atoms with Crippen LogP contribution in [-0.4, -0.2) is 23.6 Å². The Morgan fingerprint density at radius 3 is 2.94 bits per heavy atom. The summed E-state index contributed by atoms with van der Waals surface area (Å²) in [5, 5.41) is 4.16. The van der Waals surface area contributed by atoms with Crippen molar-refractivity contribution in [3.8, 4) is 0 Å². The zero-order valence-corrected chi connectivity index (χ0v) is 12.2. The topological polar surface area (TPSA) is 51.2 Å². The predicted molar refractivity (Wildman–Crippen MR) is 75.3 cm³/mol. The van der Waals surface area contributed by atoms with E-state index in [0.717, 1.165) is 11.4 Å². The molecule has 1 aromatic heterocycles. The summed E-state index contributed by atoms with van der Waals surface area (Å²) in [4.78, 5) is 15.7. The van der Waals surface area contributed by atoms with Crippen molar-refractivity contribution < 1.29 is 9.53 Å². The van der Waals surface area contributed by atoms with Crippen molar-refractivity contribution >= 4 is 22.3 Å². The van der Waals surface area contributed by atoms with Crippen molar-refractivity contribution in [2.75, 3.05) is 11.9 Å². The standard InChI is InChI=1S/C13H22N2O2S/c1-4-6-7-8-10(3)15-12-11(14-9-18-12)13(16)17-5-2/h9-10,15H,4-8H2,1-3H3. The second-order valence-electron chi connectivity index (χ2n) is 4.29. The summed E-state index contributed by atoms with van der Waals surface area (Å²) in [5.41, 5.74) is 2.08. The minimum atomic E-state index is -0.345. The first-order valence-electron chi connectivity index (χ1n) is 6.56. The first-order chi connectivity index (χ1) is 8.69. The van der Waals surface area contributed by atoms with Gasteiger partial charge >= 0.3 is 5.97 Å². The summed E-state index contributed by atoms with van der Waals surface area (Å²) in [7, 11) is 0. The molecule has 1 atom stereocenters. The van der Waals surface area contributed by atoms with Crippen LogP contribution in [0.25, 0.3) is 0 Å². The number of ether oxygens (including phenoxy) is 1. The SMILES string of the molecule is CCCCCC(C)Nc1scnc1C(=O)OCC. The van der Waals surface area contributed by atoms with Crippen LogP contribution in [0.2, 0.25) is 0 Å². The molecule has 0 aliphatic rings. The van der Waals surface area contributed by atoms with Gasteiger partial charge in [0.05, 0.1) is 12.1 Å². The normalized spacial score (nSPS) is 12.2. The first-order valence-corrected chi connectivity index (χ1v) is 7.44. The molecule has 0 aliphatic carbocycles. The van der Waals surface area contributed by atoms with Crippen molar-refractivity contribution in [2.45, 2.75) is 52.5 Å². The second-order valence-corrected chi connectivity index (χ2v) is 5.15. The van der Waals surface area contributed by atoms with E-state index >= 15 is 0 Å². The van der Waals surface area contributed by atoms with E-state index in [-0.39, 0.29) is 5.97 Å². The van der Waals surface area contributed by atoms with Crippen LogP contribution < -0.4 is 5.32 Å². The van der Waals surface area contributed by atoms with Crippen molar-refractivity contribution in [3.63, 3.8) is 0 Å². The summed E-state index contributed by atoms with van der Waals surface area (Å²) in [6.07, 6.45) is 4.78. The molecular weight excluding hydrogens is 248 g/mol. The van der Waals surface area contributed by atoms with Crippen LogP contribution in [0.5, 0.6) is 0 Å². The third kappa shape index (κ3) is 4.64. The number of nitrogens with zero attached hydrogens (tertiary/aromatic N) is 1. The van der Waals surface area contributed by atoms with E-state index in [4.69, 9.17) is 4.74 Å². The molecule has 4 nitrogen and oxygen atoms in total.